The molecule has 1 unspecified atom stereocenters. The van der Waals surface area contributed by atoms with Gasteiger partial charge >= 0.3 is 0 Å². The molecular weight excluding hydrogens is 234 g/mol. The molecule has 2 heterocycles. The maximum Gasteiger partial charge on any atom is 0.0440 e. The Balaban J connectivity index is 1.99. The summed E-state index contributed by atoms with van der Waals surface area (Å²) in [5, 5.41) is 10.1. The molecule has 1 nitrogen and oxygen atoms in total. The van der Waals surface area contributed by atoms with E-state index in [0.717, 1.165) is 6.54 Å². The van der Waals surface area contributed by atoms with Crippen LogP contribution in [0.3, 0.4) is 0 Å². The average molecular weight is 251 g/mol. The lowest BCUT2D eigenvalue weighted by atomic mass is 10.0. The van der Waals surface area contributed by atoms with Crippen LogP contribution in [0, 0.1) is 5.92 Å². The first-order chi connectivity index (χ1) is 7.77. The fourth-order valence-electron chi connectivity index (χ4n) is 1.75. The van der Waals surface area contributed by atoms with Gasteiger partial charge in [-0.1, -0.05) is 19.9 Å². The molecule has 1 atom stereocenters. The Morgan fingerprint density at radius 3 is 2.69 bits per heavy atom. The normalized spacial score (nSPS) is 13.2. The summed E-state index contributed by atoms with van der Waals surface area (Å²) >= 11 is 3.60. The SMILES string of the molecule is CC(C)C(NCc1ccsc1)c1cccs1. The monoisotopic (exact) mass is 251 g/mol. The predicted octanol–water partition coefficient (Wildman–Crippen LogP) is 4.30. The van der Waals surface area contributed by atoms with Gasteiger partial charge in [-0.2, -0.15) is 11.3 Å². The predicted molar refractivity (Wildman–Crippen MR) is 73.1 cm³/mol. The first kappa shape index (κ1) is 11.8. The second-order valence-electron chi connectivity index (χ2n) is 4.25. The number of thiophene rings is 2. The van der Waals surface area contributed by atoms with Crippen LogP contribution in [0.2, 0.25) is 0 Å². The lowest BCUT2D eigenvalue weighted by molar-refractivity contribution is 0.417. The molecule has 0 radical (unpaired) electrons. The molecule has 0 saturated carbocycles. The molecule has 86 valence electrons. The zero-order valence-corrected chi connectivity index (χ0v) is 11.3. The van der Waals surface area contributed by atoms with Crippen LogP contribution in [0.1, 0.15) is 30.3 Å². The number of nitrogens with one attached hydrogen (secondary N) is 1. The molecule has 0 aromatic carbocycles. The summed E-state index contributed by atoms with van der Waals surface area (Å²) in [4.78, 5) is 1.44. The van der Waals surface area contributed by atoms with Crippen LogP contribution in [0.4, 0.5) is 0 Å². The Morgan fingerprint density at radius 2 is 2.12 bits per heavy atom. The fraction of sp³-hybridized carbons (Fsp3) is 0.385. The molecule has 2 aromatic rings. The van der Waals surface area contributed by atoms with E-state index in [2.05, 4.69) is 53.5 Å². The second-order valence-corrected chi connectivity index (χ2v) is 6.01. The minimum absolute atomic E-state index is 0.472. The van der Waals surface area contributed by atoms with Crippen molar-refractivity contribution in [3.05, 3.63) is 44.8 Å². The number of hydrogen-bond acceptors (Lipinski definition) is 3. The quantitative estimate of drug-likeness (QED) is 0.835. The number of rotatable bonds is 5. The van der Waals surface area contributed by atoms with Gasteiger partial charge in [-0.3, -0.25) is 0 Å². The maximum atomic E-state index is 3.64. The van der Waals surface area contributed by atoms with Crippen molar-refractivity contribution in [1.82, 2.24) is 5.32 Å². The van der Waals surface area contributed by atoms with Crippen LogP contribution in [0.5, 0.6) is 0 Å². The van der Waals surface area contributed by atoms with E-state index in [-0.39, 0.29) is 0 Å². The van der Waals surface area contributed by atoms with Gasteiger partial charge in [0.25, 0.3) is 0 Å². The topological polar surface area (TPSA) is 12.0 Å². The van der Waals surface area contributed by atoms with E-state index in [1.165, 1.54) is 10.4 Å². The van der Waals surface area contributed by atoms with Gasteiger partial charge < -0.3 is 5.32 Å². The van der Waals surface area contributed by atoms with E-state index in [0.29, 0.717) is 12.0 Å². The summed E-state index contributed by atoms with van der Waals surface area (Å²) in [5.74, 6) is 0.622. The van der Waals surface area contributed by atoms with E-state index in [9.17, 15) is 0 Å². The molecule has 0 fully saturated rings. The highest BCUT2D eigenvalue weighted by molar-refractivity contribution is 7.10. The van der Waals surface area contributed by atoms with Crippen LogP contribution in [-0.2, 0) is 6.54 Å². The van der Waals surface area contributed by atoms with E-state index < -0.39 is 0 Å². The summed E-state index contributed by atoms with van der Waals surface area (Å²) in [7, 11) is 0. The van der Waals surface area contributed by atoms with Crippen molar-refractivity contribution >= 4 is 22.7 Å². The Kier molecular flexibility index (Phi) is 4.16. The minimum Gasteiger partial charge on any atom is -0.305 e. The van der Waals surface area contributed by atoms with Gasteiger partial charge in [-0.25, -0.2) is 0 Å². The fourth-order valence-corrected chi connectivity index (χ4v) is 3.40. The van der Waals surface area contributed by atoms with Crippen LogP contribution >= 0.6 is 22.7 Å². The third kappa shape index (κ3) is 2.94. The van der Waals surface area contributed by atoms with Crippen LogP contribution < -0.4 is 5.32 Å². The Hall–Kier alpha value is -0.640. The third-order valence-electron chi connectivity index (χ3n) is 2.62. The van der Waals surface area contributed by atoms with Crippen LogP contribution in [-0.4, -0.2) is 0 Å². The molecule has 0 aliphatic heterocycles. The molecule has 3 heteroatoms. The largest absolute Gasteiger partial charge is 0.305 e. The molecule has 0 bridgehead atoms. The molecule has 0 aliphatic rings. The summed E-state index contributed by atoms with van der Waals surface area (Å²) in [6.07, 6.45) is 0. The standard InChI is InChI=1S/C13H17NS2/c1-10(2)13(12-4-3-6-16-12)14-8-11-5-7-15-9-11/h3-7,9-10,13-14H,8H2,1-2H3. The van der Waals surface area contributed by atoms with Crippen molar-refractivity contribution in [2.75, 3.05) is 0 Å². The molecule has 1 N–H and O–H groups in total. The summed E-state index contributed by atoms with van der Waals surface area (Å²) in [5.41, 5.74) is 1.38. The van der Waals surface area contributed by atoms with Gasteiger partial charge in [0, 0.05) is 17.5 Å². The van der Waals surface area contributed by atoms with E-state index >= 15 is 0 Å². The first-order valence-corrected chi connectivity index (χ1v) is 7.37. The van der Waals surface area contributed by atoms with Crippen LogP contribution in [0.15, 0.2) is 34.3 Å². The summed E-state index contributed by atoms with van der Waals surface area (Å²) < 4.78 is 0. The van der Waals surface area contributed by atoms with E-state index in [4.69, 9.17) is 0 Å². The molecule has 0 aliphatic carbocycles. The Labute approximate surface area is 105 Å². The lowest BCUT2D eigenvalue weighted by Crippen LogP contribution is -2.24. The molecule has 0 amide bonds. The third-order valence-corrected chi connectivity index (χ3v) is 4.31. The van der Waals surface area contributed by atoms with Crippen molar-refractivity contribution in [2.45, 2.75) is 26.4 Å². The van der Waals surface area contributed by atoms with Gasteiger partial charge in [0.2, 0.25) is 0 Å². The molecule has 0 saturated heterocycles. The average Bonchev–Trinajstić information content (AvgIpc) is 2.88. The molecule has 0 spiro atoms. The Morgan fingerprint density at radius 1 is 1.25 bits per heavy atom. The lowest BCUT2D eigenvalue weighted by Gasteiger charge is -2.21. The van der Waals surface area contributed by atoms with Crippen LogP contribution in [0.25, 0.3) is 0 Å². The summed E-state index contributed by atoms with van der Waals surface area (Å²) in [6.45, 7) is 5.50. The first-order valence-electron chi connectivity index (χ1n) is 5.55. The van der Waals surface area contributed by atoms with Crippen molar-refractivity contribution < 1.29 is 0 Å². The van der Waals surface area contributed by atoms with Crippen molar-refractivity contribution in [3.63, 3.8) is 0 Å². The maximum absolute atomic E-state index is 3.64. The zero-order valence-electron chi connectivity index (χ0n) is 9.64. The number of hydrogen-bond donors (Lipinski definition) is 1. The smallest absolute Gasteiger partial charge is 0.0440 e. The molecule has 16 heavy (non-hydrogen) atoms. The zero-order chi connectivity index (χ0) is 11.4. The van der Waals surface area contributed by atoms with Crippen molar-refractivity contribution in [2.24, 2.45) is 5.92 Å². The van der Waals surface area contributed by atoms with Gasteiger partial charge in [0.1, 0.15) is 0 Å². The highest BCUT2D eigenvalue weighted by Gasteiger charge is 2.15. The highest BCUT2D eigenvalue weighted by Crippen LogP contribution is 2.26. The highest BCUT2D eigenvalue weighted by atomic mass is 32.1. The second kappa shape index (κ2) is 5.62. The molecule has 2 aromatic heterocycles. The molecular formula is C13H17NS2. The minimum atomic E-state index is 0.472. The summed E-state index contributed by atoms with van der Waals surface area (Å²) in [6, 6.07) is 7.00. The van der Waals surface area contributed by atoms with Gasteiger partial charge in [-0.05, 0) is 39.8 Å². The van der Waals surface area contributed by atoms with Gasteiger partial charge in [-0.15, -0.1) is 11.3 Å². The van der Waals surface area contributed by atoms with E-state index in [1.54, 1.807) is 11.3 Å². The van der Waals surface area contributed by atoms with E-state index in [1.807, 2.05) is 11.3 Å². The van der Waals surface area contributed by atoms with Crippen molar-refractivity contribution in [1.29, 1.82) is 0 Å². The van der Waals surface area contributed by atoms with Crippen molar-refractivity contribution in [3.8, 4) is 0 Å². The van der Waals surface area contributed by atoms with Gasteiger partial charge in [0.05, 0.1) is 0 Å². The van der Waals surface area contributed by atoms with Gasteiger partial charge in [0.15, 0.2) is 0 Å². The Bertz CT molecular complexity index is 390. The molecule has 2 rings (SSSR count).